The predicted octanol–water partition coefficient (Wildman–Crippen LogP) is 2.77. The SMILES string of the molecule is COc1ccc(-c2noc(-c3ccc(CN)o3)n2)cc1C. The minimum Gasteiger partial charge on any atom is -0.496 e. The summed E-state index contributed by atoms with van der Waals surface area (Å²) in [5.74, 6) is 2.84. The quantitative estimate of drug-likeness (QED) is 0.793. The Morgan fingerprint density at radius 3 is 2.76 bits per heavy atom. The molecular formula is C15H15N3O3. The number of hydrogen-bond donors (Lipinski definition) is 1. The monoisotopic (exact) mass is 285 g/mol. The number of nitrogens with zero attached hydrogens (tertiary/aromatic N) is 2. The molecule has 0 bridgehead atoms. The highest BCUT2D eigenvalue weighted by atomic mass is 16.5. The molecule has 0 radical (unpaired) electrons. The molecule has 6 heteroatoms. The van der Waals surface area contributed by atoms with Crippen molar-refractivity contribution in [2.45, 2.75) is 13.5 Å². The molecule has 2 N–H and O–H groups in total. The third kappa shape index (κ3) is 2.53. The first-order valence-electron chi connectivity index (χ1n) is 6.49. The predicted molar refractivity (Wildman–Crippen MR) is 76.6 cm³/mol. The highest BCUT2D eigenvalue weighted by molar-refractivity contribution is 5.60. The second-order valence-electron chi connectivity index (χ2n) is 4.58. The topological polar surface area (TPSA) is 87.3 Å². The molecule has 108 valence electrons. The highest BCUT2D eigenvalue weighted by Crippen LogP contribution is 2.27. The molecule has 0 unspecified atom stereocenters. The van der Waals surface area contributed by atoms with Crippen LogP contribution in [0.1, 0.15) is 11.3 Å². The van der Waals surface area contributed by atoms with Crippen LogP contribution in [0, 0.1) is 6.92 Å². The van der Waals surface area contributed by atoms with Crippen molar-refractivity contribution in [1.29, 1.82) is 0 Å². The van der Waals surface area contributed by atoms with E-state index < -0.39 is 0 Å². The number of rotatable bonds is 4. The van der Waals surface area contributed by atoms with Crippen LogP contribution in [0.2, 0.25) is 0 Å². The number of ether oxygens (including phenoxy) is 1. The third-order valence-corrected chi connectivity index (χ3v) is 3.15. The molecule has 1 aromatic carbocycles. The van der Waals surface area contributed by atoms with Crippen LogP contribution >= 0.6 is 0 Å². The molecule has 6 nitrogen and oxygen atoms in total. The summed E-state index contributed by atoms with van der Waals surface area (Å²) in [5.41, 5.74) is 7.37. The van der Waals surface area contributed by atoms with Crippen LogP contribution < -0.4 is 10.5 Å². The van der Waals surface area contributed by atoms with E-state index in [2.05, 4.69) is 10.1 Å². The maximum Gasteiger partial charge on any atom is 0.293 e. The summed E-state index contributed by atoms with van der Waals surface area (Å²) in [6, 6.07) is 9.25. The number of methoxy groups -OCH3 is 1. The van der Waals surface area contributed by atoms with E-state index in [0.717, 1.165) is 16.9 Å². The number of hydrogen-bond acceptors (Lipinski definition) is 6. The van der Waals surface area contributed by atoms with Crippen molar-refractivity contribution in [2.75, 3.05) is 7.11 Å². The van der Waals surface area contributed by atoms with Gasteiger partial charge in [-0.25, -0.2) is 0 Å². The fourth-order valence-corrected chi connectivity index (χ4v) is 2.06. The molecule has 21 heavy (non-hydrogen) atoms. The van der Waals surface area contributed by atoms with Gasteiger partial charge in [-0.2, -0.15) is 4.98 Å². The number of aryl methyl sites for hydroxylation is 1. The van der Waals surface area contributed by atoms with Crippen LogP contribution in [0.3, 0.4) is 0 Å². The summed E-state index contributed by atoms with van der Waals surface area (Å²) in [6.07, 6.45) is 0. The Morgan fingerprint density at radius 2 is 2.10 bits per heavy atom. The lowest BCUT2D eigenvalue weighted by atomic mass is 10.1. The second-order valence-corrected chi connectivity index (χ2v) is 4.58. The molecule has 0 fully saturated rings. The fourth-order valence-electron chi connectivity index (χ4n) is 2.06. The van der Waals surface area contributed by atoms with Crippen molar-refractivity contribution in [3.63, 3.8) is 0 Å². The molecule has 0 atom stereocenters. The third-order valence-electron chi connectivity index (χ3n) is 3.15. The number of benzene rings is 1. The lowest BCUT2D eigenvalue weighted by Gasteiger charge is -2.04. The molecular weight excluding hydrogens is 270 g/mol. The van der Waals surface area contributed by atoms with Crippen molar-refractivity contribution >= 4 is 0 Å². The Morgan fingerprint density at radius 1 is 1.24 bits per heavy atom. The van der Waals surface area contributed by atoms with Crippen LogP contribution in [-0.2, 0) is 6.54 Å². The molecule has 2 aromatic heterocycles. The van der Waals surface area contributed by atoms with E-state index in [1.165, 1.54) is 0 Å². The van der Waals surface area contributed by atoms with Crippen molar-refractivity contribution < 1.29 is 13.7 Å². The Kier molecular flexibility index (Phi) is 3.45. The van der Waals surface area contributed by atoms with Crippen LogP contribution in [0.25, 0.3) is 23.0 Å². The van der Waals surface area contributed by atoms with E-state index in [0.29, 0.717) is 29.8 Å². The van der Waals surface area contributed by atoms with Gasteiger partial charge in [0.15, 0.2) is 5.76 Å². The minimum atomic E-state index is 0.332. The van der Waals surface area contributed by atoms with Crippen molar-refractivity contribution in [1.82, 2.24) is 10.1 Å². The van der Waals surface area contributed by atoms with Crippen molar-refractivity contribution in [3.05, 3.63) is 41.7 Å². The maximum atomic E-state index is 5.51. The molecule has 0 saturated carbocycles. The lowest BCUT2D eigenvalue weighted by molar-refractivity contribution is 0.410. The largest absolute Gasteiger partial charge is 0.496 e. The van der Waals surface area contributed by atoms with Crippen molar-refractivity contribution in [3.8, 4) is 28.8 Å². The summed E-state index contributed by atoms with van der Waals surface area (Å²) >= 11 is 0. The molecule has 0 aliphatic heterocycles. The second kappa shape index (κ2) is 5.41. The zero-order valence-corrected chi connectivity index (χ0v) is 11.8. The highest BCUT2D eigenvalue weighted by Gasteiger charge is 2.14. The van der Waals surface area contributed by atoms with Crippen LogP contribution in [0.15, 0.2) is 39.3 Å². The van der Waals surface area contributed by atoms with Crippen molar-refractivity contribution in [2.24, 2.45) is 5.73 Å². The Hall–Kier alpha value is -2.60. The Bertz CT molecular complexity index is 761. The summed E-state index contributed by atoms with van der Waals surface area (Å²) in [5, 5.41) is 3.98. The van der Waals surface area contributed by atoms with Gasteiger partial charge >= 0.3 is 0 Å². The van der Waals surface area contributed by atoms with Gasteiger partial charge < -0.3 is 19.4 Å². The van der Waals surface area contributed by atoms with Gasteiger partial charge in [0.25, 0.3) is 5.89 Å². The van der Waals surface area contributed by atoms with E-state index in [4.69, 9.17) is 19.4 Å². The molecule has 3 rings (SSSR count). The maximum absolute atomic E-state index is 5.51. The van der Waals surface area contributed by atoms with E-state index >= 15 is 0 Å². The molecule has 0 aliphatic carbocycles. The molecule has 0 spiro atoms. The molecule has 0 amide bonds. The van der Waals surface area contributed by atoms with E-state index in [1.54, 1.807) is 19.2 Å². The normalized spacial score (nSPS) is 10.8. The van der Waals surface area contributed by atoms with Gasteiger partial charge in [-0.1, -0.05) is 5.16 Å². The van der Waals surface area contributed by atoms with Gasteiger partial charge in [-0.3, -0.25) is 0 Å². The summed E-state index contributed by atoms with van der Waals surface area (Å²) in [4.78, 5) is 4.34. The smallest absolute Gasteiger partial charge is 0.293 e. The standard InChI is InChI=1S/C15H15N3O3/c1-9-7-10(3-5-12(9)19-2)14-17-15(21-18-14)13-6-4-11(8-16)20-13/h3-7H,8,16H2,1-2H3. The fraction of sp³-hybridized carbons (Fsp3) is 0.200. The van der Waals surface area contributed by atoms with E-state index in [-0.39, 0.29) is 0 Å². The average molecular weight is 285 g/mol. The first-order chi connectivity index (χ1) is 10.2. The van der Waals surface area contributed by atoms with Gasteiger partial charge in [0.1, 0.15) is 11.5 Å². The van der Waals surface area contributed by atoms with Gasteiger partial charge in [-0.15, -0.1) is 0 Å². The molecule has 3 aromatic rings. The van der Waals surface area contributed by atoms with Crippen LogP contribution in [0.5, 0.6) is 5.75 Å². The molecule has 0 aliphatic rings. The Balaban J connectivity index is 1.92. The van der Waals surface area contributed by atoms with Crippen LogP contribution in [-0.4, -0.2) is 17.3 Å². The first-order valence-corrected chi connectivity index (χ1v) is 6.49. The molecule has 0 saturated heterocycles. The average Bonchev–Trinajstić information content (AvgIpc) is 3.15. The number of nitrogens with two attached hydrogens (primary N) is 1. The zero-order chi connectivity index (χ0) is 14.8. The summed E-state index contributed by atoms with van der Waals surface area (Å²) in [6.45, 7) is 2.29. The van der Waals surface area contributed by atoms with Gasteiger partial charge in [0, 0.05) is 5.56 Å². The first kappa shape index (κ1) is 13.4. The van der Waals surface area contributed by atoms with Gasteiger partial charge in [-0.05, 0) is 42.8 Å². The zero-order valence-electron chi connectivity index (χ0n) is 11.8. The lowest BCUT2D eigenvalue weighted by Crippen LogP contribution is -1.92. The minimum absolute atomic E-state index is 0.332. The Labute approximate surface area is 121 Å². The van der Waals surface area contributed by atoms with Crippen LogP contribution in [0.4, 0.5) is 0 Å². The summed E-state index contributed by atoms with van der Waals surface area (Å²) in [7, 11) is 1.64. The number of aromatic nitrogens is 2. The van der Waals surface area contributed by atoms with E-state index in [9.17, 15) is 0 Å². The summed E-state index contributed by atoms with van der Waals surface area (Å²) < 4.78 is 16.0. The number of furan rings is 1. The molecule has 2 heterocycles. The van der Waals surface area contributed by atoms with E-state index in [1.807, 2.05) is 25.1 Å². The van der Waals surface area contributed by atoms with Gasteiger partial charge in [0.05, 0.1) is 13.7 Å². The van der Waals surface area contributed by atoms with Gasteiger partial charge in [0.2, 0.25) is 5.82 Å².